The van der Waals surface area contributed by atoms with Gasteiger partial charge < -0.3 is 14.5 Å². The predicted molar refractivity (Wildman–Crippen MR) is 74.4 cm³/mol. The molecular weight excluding hydrogens is 226 g/mol. The van der Waals surface area contributed by atoms with E-state index in [1.807, 2.05) is 6.07 Å². The van der Waals surface area contributed by atoms with Crippen LogP contribution in [0.3, 0.4) is 0 Å². The van der Waals surface area contributed by atoms with E-state index in [4.69, 9.17) is 9.15 Å². The number of rotatable bonds is 9. The predicted octanol–water partition coefficient (Wildman–Crippen LogP) is 3.73. The smallest absolute Gasteiger partial charge is 0.123 e. The summed E-state index contributed by atoms with van der Waals surface area (Å²) in [5.41, 5.74) is 1.16. The molecule has 104 valence electrons. The maximum absolute atomic E-state index is 5.69. The highest BCUT2D eigenvalue weighted by molar-refractivity contribution is 5.15. The third-order valence-electron chi connectivity index (χ3n) is 2.84. The van der Waals surface area contributed by atoms with E-state index >= 15 is 0 Å². The van der Waals surface area contributed by atoms with Gasteiger partial charge in [0, 0.05) is 18.2 Å². The van der Waals surface area contributed by atoms with Crippen molar-refractivity contribution in [3.8, 4) is 0 Å². The van der Waals surface area contributed by atoms with Crippen LogP contribution in [0, 0.1) is 5.92 Å². The highest BCUT2D eigenvalue weighted by atomic mass is 16.5. The zero-order chi connectivity index (χ0) is 13.4. The van der Waals surface area contributed by atoms with Crippen LogP contribution in [0.5, 0.6) is 0 Å². The van der Waals surface area contributed by atoms with Crippen LogP contribution in [0.1, 0.15) is 51.9 Å². The monoisotopic (exact) mass is 253 g/mol. The number of nitrogens with one attached hydrogen (secondary N) is 1. The third-order valence-corrected chi connectivity index (χ3v) is 2.84. The van der Waals surface area contributed by atoms with Gasteiger partial charge in [0.15, 0.2) is 0 Å². The second-order valence-corrected chi connectivity index (χ2v) is 5.49. The summed E-state index contributed by atoms with van der Waals surface area (Å²) in [5.74, 6) is 1.75. The molecule has 0 aliphatic rings. The summed E-state index contributed by atoms with van der Waals surface area (Å²) in [4.78, 5) is 0. The van der Waals surface area contributed by atoms with Crippen molar-refractivity contribution >= 4 is 0 Å². The molecule has 0 aliphatic carbocycles. The first kappa shape index (κ1) is 15.3. The van der Waals surface area contributed by atoms with Crippen molar-refractivity contribution in [3.63, 3.8) is 0 Å². The van der Waals surface area contributed by atoms with Crippen LogP contribution in [0.25, 0.3) is 0 Å². The Kier molecular flexibility index (Phi) is 7.06. The van der Waals surface area contributed by atoms with Gasteiger partial charge >= 0.3 is 0 Å². The topological polar surface area (TPSA) is 34.4 Å². The quantitative estimate of drug-likeness (QED) is 0.681. The number of furan rings is 1. The third kappa shape index (κ3) is 6.22. The van der Waals surface area contributed by atoms with Crippen molar-refractivity contribution in [2.45, 2.75) is 59.7 Å². The molecule has 0 atom stereocenters. The van der Waals surface area contributed by atoms with Gasteiger partial charge in [-0.25, -0.2) is 0 Å². The van der Waals surface area contributed by atoms with Gasteiger partial charge in [0.1, 0.15) is 5.76 Å². The molecule has 0 aromatic carbocycles. The largest absolute Gasteiger partial charge is 0.468 e. The minimum Gasteiger partial charge on any atom is -0.468 e. The van der Waals surface area contributed by atoms with E-state index < -0.39 is 0 Å². The molecule has 18 heavy (non-hydrogen) atoms. The van der Waals surface area contributed by atoms with Gasteiger partial charge in [-0.2, -0.15) is 0 Å². The van der Waals surface area contributed by atoms with Gasteiger partial charge in [0.05, 0.1) is 19.4 Å². The van der Waals surface area contributed by atoms with Crippen molar-refractivity contribution in [1.82, 2.24) is 5.32 Å². The zero-order valence-corrected chi connectivity index (χ0v) is 12.2. The average molecular weight is 253 g/mol. The first-order valence-corrected chi connectivity index (χ1v) is 6.96. The Bertz CT molecular complexity index is 318. The number of hydrogen-bond donors (Lipinski definition) is 1. The highest BCUT2D eigenvalue weighted by Gasteiger charge is 2.06. The summed E-state index contributed by atoms with van der Waals surface area (Å²) >= 11 is 0. The maximum atomic E-state index is 5.69. The SMILES string of the molecule is CC(C)CCCOCc1ccoc1CNC(C)C. The van der Waals surface area contributed by atoms with Crippen LogP contribution in [-0.4, -0.2) is 12.6 Å². The Morgan fingerprint density at radius 3 is 2.72 bits per heavy atom. The molecule has 1 aromatic heterocycles. The summed E-state index contributed by atoms with van der Waals surface area (Å²) < 4.78 is 11.2. The van der Waals surface area contributed by atoms with Gasteiger partial charge in [0.25, 0.3) is 0 Å². The molecule has 0 bridgehead atoms. The second kappa shape index (κ2) is 8.33. The van der Waals surface area contributed by atoms with E-state index in [0.29, 0.717) is 12.6 Å². The van der Waals surface area contributed by atoms with E-state index in [-0.39, 0.29) is 0 Å². The second-order valence-electron chi connectivity index (χ2n) is 5.49. The molecule has 0 aliphatic heterocycles. The van der Waals surface area contributed by atoms with Gasteiger partial charge in [-0.1, -0.05) is 27.7 Å². The Morgan fingerprint density at radius 1 is 1.28 bits per heavy atom. The lowest BCUT2D eigenvalue weighted by Gasteiger charge is -2.09. The standard InChI is InChI=1S/C15H27NO2/c1-12(2)6-5-8-17-11-14-7-9-18-15(14)10-16-13(3)4/h7,9,12-13,16H,5-6,8,10-11H2,1-4H3. The Balaban J connectivity index is 2.23. The molecule has 1 aromatic rings. The number of hydrogen-bond acceptors (Lipinski definition) is 3. The fourth-order valence-electron chi connectivity index (χ4n) is 1.72. The van der Waals surface area contributed by atoms with Gasteiger partial charge in [-0.05, 0) is 24.8 Å². The summed E-state index contributed by atoms with van der Waals surface area (Å²) in [6.07, 6.45) is 4.10. The summed E-state index contributed by atoms with van der Waals surface area (Å²) in [7, 11) is 0. The first-order valence-electron chi connectivity index (χ1n) is 6.96. The van der Waals surface area contributed by atoms with Crippen molar-refractivity contribution < 1.29 is 9.15 Å². The zero-order valence-electron chi connectivity index (χ0n) is 12.2. The lowest BCUT2D eigenvalue weighted by atomic mass is 10.1. The van der Waals surface area contributed by atoms with E-state index in [2.05, 4.69) is 33.0 Å². The minimum absolute atomic E-state index is 0.468. The van der Waals surface area contributed by atoms with Crippen LogP contribution in [0.4, 0.5) is 0 Å². The molecule has 3 nitrogen and oxygen atoms in total. The number of ether oxygens (including phenoxy) is 1. The first-order chi connectivity index (χ1) is 8.59. The van der Waals surface area contributed by atoms with Crippen LogP contribution in [0.2, 0.25) is 0 Å². The summed E-state index contributed by atoms with van der Waals surface area (Å²) in [6.45, 7) is 11.0. The van der Waals surface area contributed by atoms with E-state index in [1.54, 1.807) is 6.26 Å². The van der Waals surface area contributed by atoms with Gasteiger partial charge in [0.2, 0.25) is 0 Å². The highest BCUT2D eigenvalue weighted by Crippen LogP contribution is 2.12. The average Bonchev–Trinajstić information content (AvgIpc) is 2.73. The van der Waals surface area contributed by atoms with Gasteiger partial charge in [-0.3, -0.25) is 0 Å². The maximum Gasteiger partial charge on any atom is 0.123 e. The summed E-state index contributed by atoms with van der Waals surface area (Å²) in [6, 6.07) is 2.47. The Hall–Kier alpha value is -0.800. The lowest BCUT2D eigenvalue weighted by molar-refractivity contribution is 0.113. The van der Waals surface area contributed by atoms with Crippen LogP contribution in [0.15, 0.2) is 16.7 Å². The van der Waals surface area contributed by atoms with Crippen molar-refractivity contribution in [2.75, 3.05) is 6.61 Å². The molecule has 1 rings (SSSR count). The molecule has 0 saturated carbocycles. The van der Waals surface area contributed by atoms with Crippen LogP contribution in [-0.2, 0) is 17.9 Å². The van der Waals surface area contributed by atoms with Crippen molar-refractivity contribution in [3.05, 3.63) is 23.7 Å². The molecule has 0 saturated heterocycles. The molecule has 3 heteroatoms. The Morgan fingerprint density at radius 2 is 2.06 bits per heavy atom. The van der Waals surface area contributed by atoms with Gasteiger partial charge in [-0.15, -0.1) is 0 Å². The molecule has 0 radical (unpaired) electrons. The molecule has 0 amide bonds. The van der Waals surface area contributed by atoms with Crippen molar-refractivity contribution in [2.24, 2.45) is 5.92 Å². The van der Waals surface area contributed by atoms with E-state index in [0.717, 1.165) is 36.8 Å². The van der Waals surface area contributed by atoms with E-state index in [1.165, 1.54) is 6.42 Å². The normalized spacial score (nSPS) is 11.7. The Labute approximate surface area is 111 Å². The lowest BCUT2D eigenvalue weighted by Crippen LogP contribution is -2.22. The molecule has 0 spiro atoms. The van der Waals surface area contributed by atoms with E-state index in [9.17, 15) is 0 Å². The van der Waals surface area contributed by atoms with Crippen LogP contribution >= 0.6 is 0 Å². The minimum atomic E-state index is 0.468. The molecular formula is C15H27NO2. The summed E-state index contributed by atoms with van der Waals surface area (Å²) in [5, 5.41) is 3.36. The molecule has 0 unspecified atom stereocenters. The fourth-order valence-corrected chi connectivity index (χ4v) is 1.72. The molecule has 0 fully saturated rings. The molecule has 1 heterocycles. The van der Waals surface area contributed by atoms with Crippen LogP contribution < -0.4 is 5.32 Å². The molecule has 1 N–H and O–H groups in total. The van der Waals surface area contributed by atoms with Crippen molar-refractivity contribution in [1.29, 1.82) is 0 Å². The fraction of sp³-hybridized carbons (Fsp3) is 0.733.